The van der Waals surface area contributed by atoms with Crippen molar-refractivity contribution in [3.8, 4) is 0 Å². The van der Waals surface area contributed by atoms with E-state index in [0.717, 1.165) is 25.7 Å². The van der Waals surface area contributed by atoms with Gasteiger partial charge in [0.25, 0.3) is 0 Å². The van der Waals surface area contributed by atoms with E-state index in [4.69, 9.17) is 24.1 Å². The fraction of sp³-hybridized carbons (Fsp3) is 0.680. The molecule has 4 saturated heterocycles. The number of nitrogens with zero attached hydrogens (tertiary/aromatic N) is 1. The van der Waals surface area contributed by atoms with Gasteiger partial charge in [-0.3, -0.25) is 10.2 Å². The summed E-state index contributed by atoms with van der Waals surface area (Å²) in [5, 5.41) is 6.71. The molecule has 8 nitrogen and oxygen atoms in total. The van der Waals surface area contributed by atoms with Crippen LogP contribution in [0.25, 0.3) is 0 Å². The van der Waals surface area contributed by atoms with Crippen LogP contribution in [0.1, 0.15) is 59.8 Å². The summed E-state index contributed by atoms with van der Waals surface area (Å²) < 4.78 is 13.0. The molecule has 0 aromatic heterocycles. The Hall–Kier alpha value is -2.00. The molecule has 1 saturated carbocycles. The predicted molar refractivity (Wildman–Crippen MR) is 121 cm³/mol. The second-order valence-electron chi connectivity index (χ2n) is 10.3. The molecule has 1 aromatic rings. The van der Waals surface area contributed by atoms with E-state index < -0.39 is 23.8 Å². The van der Waals surface area contributed by atoms with Crippen molar-refractivity contribution < 1.29 is 28.9 Å². The number of para-hydroxylation sites is 1. The summed E-state index contributed by atoms with van der Waals surface area (Å²) in [7, 11) is 0. The van der Waals surface area contributed by atoms with E-state index in [1.807, 2.05) is 32.0 Å². The minimum absolute atomic E-state index is 0.115. The van der Waals surface area contributed by atoms with Crippen LogP contribution in [-0.4, -0.2) is 35.6 Å². The van der Waals surface area contributed by atoms with Crippen molar-refractivity contribution in [2.45, 2.75) is 83.6 Å². The number of benzene rings is 1. The van der Waals surface area contributed by atoms with E-state index in [2.05, 4.69) is 24.3 Å². The topological polar surface area (TPSA) is 87.6 Å². The lowest BCUT2D eigenvalue weighted by atomic mass is 9.57. The third kappa shape index (κ3) is 4.07. The molecule has 1 amide bonds. The number of anilines is 1. The van der Waals surface area contributed by atoms with Crippen LogP contribution < -0.4 is 5.32 Å². The van der Waals surface area contributed by atoms with Gasteiger partial charge in [-0.05, 0) is 63.0 Å². The Labute approximate surface area is 194 Å². The summed E-state index contributed by atoms with van der Waals surface area (Å²) in [6, 6.07) is 9.14. The molecule has 1 N–H and O–H groups in total. The molecule has 180 valence electrons. The average Bonchev–Trinajstić information content (AvgIpc) is 3.02. The smallest absolute Gasteiger partial charge is 0.345 e. The lowest BCUT2D eigenvalue weighted by Crippen LogP contribution is -2.70. The van der Waals surface area contributed by atoms with Crippen molar-refractivity contribution in [2.75, 3.05) is 5.32 Å². The number of hydrogen-bond acceptors (Lipinski definition) is 7. The molecule has 0 radical (unpaired) electrons. The highest BCUT2D eigenvalue weighted by Gasteiger charge is 2.69. The first kappa shape index (κ1) is 22.8. The van der Waals surface area contributed by atoms with Gasteiger partial charge in [0.2, 0.25) is 5.79 Å². The molecular weight excluding hydrogens is 424 g/mol. The van der Waals surface area contributed by atoms with Gasteiger partial charge in [0.05, 0.1) is 11.8 Å². The van der Waals surface area contributed by atoms with Gasteiger partial charge >= 0.3 is 6.09 Å². The zero-order valence-corrected chi connectivity index (χ0v) is 19.8. The highest BCUT2D eigenvalue weighted by Crippen LogP contribution is 2.60. The summed E-state index contributed by atoms with van der Waals surface area (Å²) in [4.78, 5) is 29.2. The number of amides is 1. The van der Waals surface area contributed by atoms with Gasteiger partial charge in [-0.2, -0.15) is 0 Å². The van der Waals surface area contributed by atoms with Crippen LogP contribution in [0, 0.1) is 23.7 Å². The van der Waals surface area contributed by atoms with Gasteiger partial charge in [0.1, 0.15) is 0 Å². The molecule has 4 heterocycles. The van der Waals surface area contributed by atoms with Crippen LogP contribution in [0.5, 0.6) is 0 Å². The van der Waals surface area contributed by atoms with Gasteiger partial charge < -0.3 is 9.47 Å². The second-order valence-corrected chi connectivity index (χ2v) is 10.3. The highest BCUT2D eigenvalue weighted by molar-refractivity contribution is 5.86. The molecule has 0 unspecified atom stereocenters. The number of carbonyl (C=O) groups is 1. The Morgan fingerprint density at radius 2 is 1.94 bits per heavy atom. The van der Waals surface area contributed by atoms with E-state index in [1.54, 1.807) is 12.1 Å². The Morgan fingerprint density at radius 3 is 2.73 bits per heavy atom. The quantitative estimate of drug-likeness (QED) is 0.287. The molecule has 6 rings (SSSR count). The maximum atomic E-state index is 12.1. The van der Waals surface area contributed by atoms with Gasteiger partial charge in [-0.25, -0.2) is 14.6 Å². The minimum Gasteiger partial charge on any atom is -0.345 e. The third-order valence-corrected chi connectivity index (χ3v) is 8.10. The molecular formula is C25H34N2O6. The molecule has 5 fully saturated rings. The fourth-order valence-corrected chi connectivity index (χ4v) is 6.32. The number of nitrogens with one attached hydrogen (secondary N) is 1. The predicted octanol–water partition coefficient (Wildman–Crippen LogP) is 5.25. The van der Waals surface area contributed by atoms with Crippen LogP contribution in [0.3, 0.4) is 0 Å². The van der Waals surface area contributed by atoms with Crippen molar-refractivity contribution in [1.82, 2.24) is 0 Å². The molecule has 1 aliphatic carbocycles. The number of carbonyl (C=O) groups excluding carboxylic acids is 1. The number of rotatable bonds is 4. The summed E-state index contributed by atoms with van der Waals surface area (Å²) in [6.45, 7) is 8.30. The maximum absolute atomic E-state index is 12.1. The second kappa shape index (κ2) is 8.65. The van der Waals surface area contributed by atoms with Crippen LogP contribution in [0.15, 0.2) is 35.5 Å². The molecule has 8 heteroatoms. The first-order chi connectivity index (χ1) is 15.8. The van der Waals surface area contributed by atoms with Crippen molar-refractivity contribution in [3.05, 3.63) is 30.3 Å². The SMILES string of the molecule is C/C(C[C@H]1O[C@@H]2O[C@]3(C)CC[C@H]4[C@H](C)CC[C@@H]([C@H]1C)[C@@]24OO3)=N\OC(=O)Nc1ccccc1. The highest BCUT2D eigenvalue weighted by atomic mass is 17.3. The number of oxime groups is 1. The maximum Gasteiger partial charge on any atom is 0.437 e. The van der Waals surface area contributed by atoms with Crippen molar-refractivity contribution in [1.29, 1.82) is 0 Å². The minimum atomic E-state index is -0.787. The molecule has 2 bridgehead atoms. The van der Waals surface area contributed by atoms with Gasteiger partial charge in [-0.15, -0.1) is 0 Å². The van der Waals surface area contributed by atoms with Crippen LogP contribution in [-0.2, 0) is 24.1 Å². The van der Waals surface area contributed by atoms with Crippen molar-refractivity contribution in [3.63, 3.8) is 0 Å². The van der Waals surface area contributed by atoms with Gasteiger partial charge in [-0.1, -0.05) is 37.2 Å². The Bertz CT molecular complexity index is 909. The number of fused-ring (bicyclic) bond motifs is 2. The third-order valence-electron chi connectivity index (χ3n) is 8.10. The molecule has 1 aromatic carbocycles. The van der Waals surface area contributed by atoms with Gasteiger partial charge in [0, 0.05) is 24.4 Å². The van der Waals surface area contributed by atoms with Crippen molar-refractivity contribution >= 4 is 17.5 Å². The Kier molecular flexibility index (Phi) is 5.97. The lowest BCUT2D eigenvalue weighted by Gasteiger charge is -2.60. The monoisotopic (exact) mass is 458 g/mol. The average molecular weight is 459 g/mol. The lowest BCUT2D eigenvalue weighted by molar-refractivity contribution is -0.570. The zero-order chi connectivity index (χ0) is 23.2. The molecule has 5 aliphatic rings. The summed E-state index contributed by atoms with van der Waals surface area (Å²) in [6.07, 6.45) is 3.34. The van der Waals surface area contributed by atoms with Gasteiger partial charge in [0.15, 0.2) is 11.9 Å². The first-order valence-electron chi connectivity index (χ1n) is 12.1. The van der Waals surface area contributed by atoms with E-state index in [9.17, 15) is 4.79 Å². The van der Waals surface area contributed by atoms with Crippen LogP contribution >= 0.6 is 0 Å². The van der Waals surface area contributed by atoms with Crippen LogP contribution in [0.4, 0.5) is 10.5 Å². The molecule has 4 aliphatic heterocycles. The standard InChI is InChI=1S/C25H34N2O6/c1-15-10-11-20-17(3)21(14-16(2)27-31-23(28)26-18-8-6-5-7-9-18)29-22-25(20)19(15)12-13-24(4,30-22)32-33-25/h5-9,15,17,19-22H,10-14H2,1-4H3,(H,26,28)/b27-16+/t15-,17-,19+,20+,21-,22-,24+,25-/m1/s1. The molecule has 1 spiro atoms. The Morgan fingerprint density at radius 1 is 1.15 bits per heavy atom. The molecule has 8 atom stereocenters. The molecule has 33 heavy (non-hydrogen) atoms. The zero-order valence-electron chi connectivity index (χ0n) is 19.8. The van der Waals surface area contributed by atoms with E-state index in [1.165, 1.54) is 0 Å². The number of hydrogen-bond donors (Lipinski definition) is 1. The fourth-order valence-electron chi connectivity index (χ4n) is 6.32. The van der Waals surface area contributed by atoms with E-state index >= 15 is 0 Å². The van der Waals surface area contributed by atoms with E-state index in [0.29, 0.717) is 29.7 Å². The summed E-state index contributed by atoms with van der Waals surface area (Å²) in [5.74, 6) is 0.566. The first-order valence-corrected chi connectivity index (χ1v) is 12.1. The normalized spacial score (nSPS) is 42.2. The van der Waals surface area contributed by atoms with Crippen molar-refractivity contribution in [2.24, 2.45) is 28.8 Å². The van der Waals surface area contributed by atoms with E-state index in [-0.39, 0.29) is 17.9 Å². The summed E-state index contributed by atoms with van der Waals surface area (Å²) in [5.41, 5.74) is 0.775. The van der Waals surface area contributed by atoms with Crippen LogP contribution in [0.2, 0.25) is 0 Å². The number of ether oxygens (including phenoxy) is 2. The Balaban J connectivity index is 1.29. The summed E-state index contributed by atoms with van der Waals surface area (Å²) >= 11 is 0. The largest absolute Gasteiger partial charge is 0.437 e.